The maximum Gasteiger partial charge on any atom is 0.121 e. The van der Waals surface area contributed by atoms with Gasteiger partial charge in [0.25, 0.3) is 0 Å². The number of rotatable bonds is 1. The highest BCUT2D eigenvalue weighted by atomic mass is 16.5. The van der Waals surface area contributed by atoms with Crippen LogP contribution in [0, 0.1) is 5.92 Å². The van der Waals surface area contributed by atoms with Gasteiger partial charge in [0.15, 0.2) is 0 Å². The van der Waals surface area contributed by atoms with Crippen molar-refractivity contribution >= 4 is 0 Å². The van der Waals surface area contributed by atoms with Gasteiger partial charge in [-0.25, -0.2) is 0 Å². The van der Waals surface area contributed by atoms with E-state index in [9.17, 15) is 5.11 Å². The number of aliphatic hydroxyl groups excluding tert-OH is 2. The molecule has 1 aliphatic carbocycles. The lowest BCUT2D eigenvalue weighted by molar-refractivity contribution is -0.0843. The molecule has 11 heavy (non-hydrogen) atoms. The monoisotopic (exact) mass is 156 g/mol. The highest BCUT2D eigenvalue weighted by molar-refractivity contribution is 5.23. The van der Waals surface area contributed by atoms with Crippen LogP contribution >= 0.6 is 0 Å². The fourth-order valence-corrected chi connectivity index (χ4v) is 2.01. The minimum absolute atomic E-state index is 0.0575. The van der Waals surface area contributed by atoms with E-state index in [0.29, 0.717) is 13.0 Å². The second-order valence-corrected chi connectivity index (χ2v) is 3.42. The quantitative estimate of drug-likeness (QED) is 0.512. The first-order valence-corrected chi connectivity index (χ1v) is 3.80. The molecular weight excluding hydrogens is 144 g/mol. The van der Waals surface area contributed by atoms with Crippen LogP contribution in [0.25, 0.3) is 0 Å². The Kier molecular flexibility index (Phi) is 1.36. The molecule has 0 unspecified atom stereocenters. The van der Waals surface area contributed by atoms with Gasteiger partial charge in [0.2, 0.25) is 0 Å². The van der Waals surface area contributed by atoms with Crippen molar-refractivity contribution in [3.63, 3.8) is 0 Å². The van der Waals surface area contributed by atoms with Gasteiger partial charge in [-0.2, -0.15) is 0 Å². The molecule has 2 N–H and O–H groups in total. The third-order valence-electron chi connectivity index (χ3n) is 2.79. The molecule has 0 aromatic rings. The average Bonchev–Trinajstić information content (AvgIpc) is 2.42. The highest BCUT2D eigenvalue weighted by Gasteiger charge is 2.56. The fourth-order valence-electron chi connectivity index (χ4n) is 2.01. The molecule has 0 amide bonds. The van der Waals surface area contributed by atoms with Crippen molar-refractivity contribution in [1.29, 1.82) is 0 Å². The maximum atomic E-state index is 9.60. The highest BCUT2D eigenvalue weighted by Crippen LogP contribution is 2.46. The normalized spacial score (nSPS) is 48.7. The molecule has 2 bridgehead atoms. The van der Waals surface area contributed by atoms with Gasteiger partial charge in [-0.1, -0.05) is 12.2 Å². The first-order valence-electron chi connectivity index (χ1n) is 3.80. The molecule has 0 aromatic heterocycles. The molecule has 3 heteroatoms. The molecule has 3 nitrogen and oxygen atoms in total. The van der Waals surface area contributed by atoms with Crippen molar-refractivity contribution in [2.45, 2.75) is 18.1 Å². The summed E-state index contributed by atoms with van der Waals surface area (Å²) in [6.07, 6.45) is 0.0648. The largest absolute Gasteiger partial charge is 0.393 e. The SMILES string of the molecule is C=C1C[C@]2(CO)OC[C@H]1[C@@H]2O. The summed E-state index contributed by atoms with van der Waals surface area (Å²) in [5.41, 5.74) is 0.305. The Bertz CT molecular complexity index is 202. The molecule has 1 aliphatic heterocycles. The standard InChI is InChI=1S/C8H12O3/c1-5-2-8(4-9)7(10)6(5)3-11-8/h6-7,9-10H,1-4H2/t6-,7+,8-/m1/s1. The summed E-state index contributed by atoms with van der Waals surface area (Å²) < 4.78 is 5.31. The Balaban J connectivity index is 2.31. The van der Waals surface area contributed by atoms with E-state index >= 15 is 0 Å². The van der Waals surface area contributed by atoms with Gasteiger partial charge >= 0.3 is 0 Å². The zero-order valence-corrected chi connectivity index (χ0v) is 6.29. The topological polar surface area (TPSA) is 49.7 Å². The Morgan fingerprint density at radius 2 is 2.45 bits per heavy atom. The van der Waals surface area contributed by atoms with Gasteiger partial charge in [-0.15, -0.1) is 0 Å². The summed E-state index contributed by atoms with van der Waals surface area (Å²) in [5.74, 6) is 0.0575. The van der Waals surface area contributed by atoms with Crippen LogP contribution in [0.1, 0.15) is 6.42 Å². The van der Waals surface area contributed by atoms with Crippen LogP contribution in [0.5, 0.6) is 0 Å². The van der Waals surface area contributed by atoms with Crippen LogP contribution in [-0.2, 0) is 4.74 Å². The van der Waals surface area contributed by atoms with Crippen LogP contribution < -0.4 is 0 Å². The molecule has 2 rings (SSSR count). The zero-order valence-electron chi connectivity index (χ0n) is 6.29. The summed E-state index contributed by atoms with van der Waals surface area (Å²) in [4.78, 5) is 0. The van der Waals surface area contributed by atoms with Crippen molar-refractivity contribution in [3.8, 4) is 0 Å². The number of hydrogen-bond donors (Lipinski definition) is 2. The first kappa shape index (κ1) is 7.28. The smallest absolute Gasteiger partial charge is 0.121 e. The molecule has 0 spiro atoms. The van der Waals surface area contributed by atoms with Crippen molar-refractivity contribution in [1.82, 2.24) is 0 Å². The van der Waals surface area contributed by atoms with Gasteiger partial charge in [0.05, 0.1) is 19.3 Å². The maximum absolute atomic E-state index is 9.60. The predicted molar refractivity (Wildman–Crippen MR) is 39.0 cm³/mol. The van der Waals surface area contributed by atoms with E-state index in [1.165, 1.54) is 0 Å². The lowest BCUT2D eigenvalue weighted by Crippen LogP contribution is -2.40. The van der Waals surface area contributed by atoms with E-state index in [2.05, 4.69) is 6.58 Å². The molecule has 1 saturated heterocycles. The van der Waals surface area contributed by atoms with Gasteiger partial charge in [-0.05, 0) is 0 Å². The number of hydrogen-bond acceptors (Lipinski definition) is 3. The second kappa shape index (κ2) is 2.06. The van der Waals surface area contributed by atoms with Gasteiger partial charge in [0.1, 0.15) is 5.60 Å². The lowest BCUT2D eigenvalue weighted by Gasteiger charge is -2.25. The molecule has 2 aliphatic rings. The Morgan fingerprint density at radius 3 is 2.73 bits per heavy atom. The van der Waals surface area contributed by atoms with Crippen molar-refractivity contribution in [2.24, 2.45) is 5.92 Å². The third-order valence-corrected chi connectivity index (χ3v) is 2.79. The molecule has 0 aromatic carbocycles. The van der Waals surface area contributed by atoms with E-state index in [4.69, 9.17) is 9.84 Å². The molecular formula is C8H12O3. The van der Waals surface area contributed by atoms with E-state index in [-0.39, 0.29) is 12.5 Å². The van der Waals surface area contributed by atoms with Crippen LogP contribution in [0.15, 0.2) is 12.2 Å². The average molecular weight is 156 g/mol. The summed E-state index contributed by atoms with van der Waals surface area (Å²) in [7, 11) is 0. The van der Waals surface area contributed by atoms with Gasteiger partial charge in [-0.3, -0.25) is 0 Å². The predicted octanol–water partition coefficient (Wildman–Crippen LogP) is -0.315. The van der Waals surface area contributed by atoms with Crippen LogP contribution in [0.4, 0.5) is 0 Å². The summed E-state index contributed by atoms with van der Waals surface area (Å²) in [5, 5.41) is 18.6. The van der Waals surface area contributed by atoms with E-state index in [1.807, 2.05) is 0 Å². The number of aliphatic hydroxyl groups is 2. The summed E-state index contributed by atoms with van der Waals surface area (Å²) in [6, 6.07) is 0. The first-order chi connectivity index (χ1) is 5.19. The van der Waals surface area contributed by atoms with Crippen molar-refractivity contribution in [3.05, 3.63) is 12.2 Å². The van der Waals surface area contributed by atoms with Crippen LogP contribution in [0.2, 0.25) is 0 Å². The van der Waals surface area contributed by atoms with Gasteiger partial charge < -0.3 is 14.9 Å². The minimum Gasteiger partial charge on any atom is -0.393 e. The minimum atomic E-state index is -0.707. The Morgan fingerprint density at radius 1 is 1.73 bits per heavy atom. The van der Waals surface area contributed by atoms with Gasteiger partial charge in [0, 0.05) is 12.3 Å². The lowest BCUT2D eigenvalue weighted by atomic mass is 10.0. The molecule has 1 saturated carbocycles. The zero-order chi connectivity index (χ0) is 8.06. The Hall–Kier alpha value is -0.380. The molecule has 1 heterocycles. The molecule has 2 fully saturated rings. The van der Waals surface area contributed by atoms with E-state index < -0.39 is 11.7 Å². The molecule has 0 radical (unpaired) electrons. The molecule has 3 atom stereocenters. The Labute approximate surface area is 65.3 Å². The second-order valence-electron chi connectivity index (χ2n) is 3.42. The van der Waals surface area contributed by atoms with E-state index in [0.717, 1.165) is 5.57 Å². The number of fused-ring (bicyclic) bond motifs is 2. The van der Waals surface area contributed by atoms with Crippen molar-refractivity contribution < 1.29 is 14.9 Å². The number of ether oxygens (including phenoxy) is 1. The third kappa shape index (κ3) is 0.732. The van der Waals surface area contributed by atoms with Crippen LogP contribution in [0.3, 0.4) is 0 Å². The summed E-state index contributed by atoms with van der Waals surface area (Å²) >= 11 is 0. The molecule has 62 valence electrons. The van der Waals surface area contributed by atoms with Crippen molar-refractivity contribution in [2.75, 3.05) is 13.2 Å². The van der Waals surface area contributed by atoms with E-state index in [1.54, 1.807) is 0 Å². The van der Waals surface area contributed by atoms with Crippen LogP contribution in [-0.4, -0.2) is 35.1 Å². The summed E-state index contributed by atoms with van der Waals surface area (Å²) in [6.45, 7) is 4.24. The fraction of sp³-hybridized carbons (Fsp3) is 0.750.